The van der Waals surface area contributed by atoms with E-state index in [1.54, 1.807) is 6.33 Å². The summed E-state index contributed by atoms with van der Waals surface area (Å²) in [6.07, 6.45) is 6.12. The SMILES string of the molecule is C=CC(=O)Nc1ccc2c(N3CCC=C(C)C3)ncnc2c1. The first-order chi connectivity index (χ1) is 10.7. The summed E-state index contributed by atoms with van der Waals surface area (Å²) in [4.78, 5) is 22.4. The van der Waals surface area contributed by atoms with Gasteiger partial charge in [0.15, 0.2) is 0 Å². The largest absolute Gasteiger partial charge is 0.352 e. The molecule has 22 heavy (non-hydrogen) atoms. The van der Waals surface area contributed by atoms with E-state index in [1.807, 2.05) is 18.2 Å². The number of carbonyl (C=O) groups is 1. The lowest BCUT2D eigenvalue weighted by molar-refractivity contribution is -0.111. The lowest BCUT2D eigenvalue weighted by Crippen LogP contribution is -2.30. The van der Waals surface area contributed by atoms with Crippen LogP contribution in [0.25, 0.3) is 10.9 Å². The highest BCUT2D eigenvalue weighted by Gasteiger charge is 2.15. The molecule has 5 nitrogen and oxygen atoms in total. The molecule has 0 saturated heterocycles. The van der Waals surface area contributed by atoms with Gasteiger partial charge in [-0.05, 0) is 37.6 Å². The Hall–Kier alpha value is -2.69. The summed E-state index contributed by atoms with van der Waals surface area (Å²) in [5.41, 5.74) is 2.88. The Morgan fingerprint density at radius 1 is 1.41 bits per heavy atom. The van der Waals surface area contributed by atoms with Gasteiger partial charge in [0.1, 0.15) is 12.1 Å². The topological polar surface area (TPSA) is 58.1 Å². The summed E-state index contributed by atoms with van der Waals surface area (Å²) in [7, 11) is 0. The lowest BCUT2D eigenvalue weighted by atomic mass is 10.1. The van der Waals surface area contributed by atoms with Crippen molar-refractivity contribution in [1.82, 2.24) is 9.97 Å². The normalized spacial score (nSPS) is 14.6. The summed E-state index contributed by atoms with van der Waals surface area (Å²) >= 11 is 0. The average molecular weight is 294 g/mol. The van der Waals surface area contributed by atoms with Crippen molar-refractivity contribution in [2.45, 2.75) is 13.3 Å². The van der Waals surface area contributed by atoms with Gasteiger partial charge in [0, 0.05) is 24.2 Å². The highest BCUT2D eigenvalue weighted by Crippen LogP contribution is 2.27. The van der Waals surface area contributed by atoms with Crippen molar-refractivity contribution in [3.05, 3.63) is 48.8 Å². The Morgan fingerprint density at radius 2 is 2.27 bits per heavy atom. The minimum atomic E-state index is -0.231. The van der Waals surface area contributed by atoms with Crippen molar-refractivity contribution in [2.24, 2.45) is 0 Å². The van der Waals surface area contributed by atoms with Crippen LogP contribution in [0.1, 0.15) is 13.3 Å². The molecule has 0 atom stereocenters. The molecule has 1 N–H and O–H groups in total. The maximum atomic E-state index is 11.4. The average Bonchev–Trinajstić information content (AvgIpc) is 2.54. The van der Waals surface area contributed by atoms with Crippen LogP contribution in [-0.2, 0) is 4.79 Å². The van der Waals surface area contributed by atoms with Gasteiger partial charge in [-0.2, -0.15) is 0 Å². The number of amides is 1. The van der Waals surface area contributed by atoms with Gasteiger partial charge in [0.25, 0.3) is 0 Å². The monoisotopic (exact) mass is 294 g/mol. The van der Waals surface area contributed by atoms with Crippen molar-refractivity contribution >= 4 is 28.3 Å². The summed E-state index contributed by atoms with van der Waals surface area (Å²) in [5, 5.41) is 3.74. The van der Waals surface area contributed by atoms with Gasteiger partial charge < -0.3 is 10.2 Å². The molecule has 0 fully saturated rings. The molecule has 3 rings (SSSR count). The molecule has 0 spiro atoms. The van der Waals surface area contributed by atoms with Crippen LogP contribution in [0.2, 0.25) is 0 Å². The molecule has 0 saturated carbocycles. The van der Waals surface area contributed by atoms with Crippen LogP contribution in [0.3, 0.4) is 0 Å². The molecule has 0 aliphatic carbocycles. The van der Waals surface area contributed by atoms with Crippen molar-refractivity contribution in [3.63, 3.8) is 0 Å². The number of benzene rings is 1. The van der Waals surface area contributed by atoms with E-state index < -0.39 is 0 Å². The Bertz CT molecular complexity index is 766. The van der Waals surface area contributed by atoms with E-state index in [4.69, 9.17) is 0 Å². The molecule has 1 aromatic heterocycles. The third kappa shape index (κ3) is 2.83. The third-order valence-corrected chi connectivity index (χ3v) is 3.70. The molecule has 0 radical (unpaired) electrons. The molecule has 0 bridgehead atoms. The van der Waals surface area contributed by atoms with Crippen LogP contribution < -0.4 is 10.2 Å². The zero-order chi connectivity index (χ0) is 15.5. The van der Waals surface area contributed by atoms with E-state index >= 15 is 0 Å². The molecule has 1 aliphatic heterocycles. The van der Waals surface area contributed by atoms with Crippen LogP contribution in [0.5, 0.6) is 0 Å². The van der Waals surface area contributed by atoms with E-state index in [0.717, 1.165) is 36.2 Å². The zero-order valence-corrected chi connectivity index (χ0v) is 12.5. The summed E-state index contributed by atoms with van der Waals surface area (Å²) in [6.45, 7) is 7.44. The van der Waals surface area contributed by atoms with E-state index in [1.165, 1.54) is 11.6 Å². The number of hydrogen-bond acceptors (Lipinski definition) is 4. The molecule has 1 aliphatic rings. The molecular weight excluding hydrogens is 276 g/mol. The molecule has 0 unspecified atom stereocenters. The molecular formula is C17H18N4O. The highest BCUT2D eigenvalue weighted by atomic mass is 16.1. The third-order valence-electron chi connectivity index (χ3n) is 3.70. The Kier molecular flexibility index (Phi) is 3.87. The summed E-state index contributed by atoms with van der Waals surface area (Å²) in [6, 6.07) is 5.68. The van der Waals surface area contributed by atoms with Gasteiger partial charge in [0.2, 0.25) is 5.91 Å². The number of hydrogen-bond donors (Lipinski definition) is 1. The minimum Gasteiger partial charge on any atom is -0.352 e. The number of carbonyl (C=O) groups excluding carboxylic acids is 1. The first-order valence-electron chi connectivity index (χ1n) is 7.26. The Labute approximate surface area is 129 Å². The minimum absolute atomic E-state index is 0.231. The van der Waals surface area contributed by atoms with Crippen molar-refractivity contribution < 1.29 is 4.79 Å². The van der Waals surface area contributed by atoms with Gasteiger partial charge >= 0.3 is 0 Å². The molecule has 1 amide bonds. The van der Waals surface area contributed by atoms with E-state index in [9.17, 15) is 4.79 Å². The summed E-state index contributed by atoms with van der Waals surface area (Å²) < 4.78 is 0. The first-order valence-corrected chi connectivity index (χ1v) is 7.26. The van der Waals surface area contributed by atoms with E-state index in [-0.39, 0.29) is 5.91 Å². The van der Waals surface area contributed by atoms with Crippen molar-refractivity contribution in [1.29, 1.82) is 0 Å². The van der Waals surface area contributed by atoms with Crippen LogP contribution in [0.4, 0.5) is 11.5 Å². The number of nitrogens with zero attached hydrogens (tertiary/aromatic N) is 3. The maximum absolute atomic E-state index is 11.4. The number of fused-ring (bicyclic) bond motifs is 1. The van der Waals surface area contributed by atoms with Crippen LogP contribution in [-0.4, -0.2) is 29.0 Å². The van der Waals surface area contributed by atoms with Crippen LogP contribution in [0.15, 0.2) is 48.8 Å². The zero-order valence-electron chi connectivity index (χ0n) is 12.5. The van der Waals surface area contributed by atoms with E-state index in [2.05, 4.69) is 39.8 Å². The van der Waals surface area contributed by atoms with Crippen molar-refractivity contribution in [3.8, 4) is 0 Å². The number of nitrogens with one attached hydrogen (secondary N) is 1. The molecule has 2 heterocycles. The fourth-order valence-electron chi connectivity index (χ4n) is 2.66. The lowest BCUT2D eigenvalue weighted by Gasteiger charge is -2.28. The quantitative estimate of drug-likeness (QED) is 0.698. The Morgan fingerprint density at radius 3 is 3.05 bits per heavy atom. The maximum Gasteiger partial charge on any atom is 0.247 e. The molecule has 1 aromatic carbocycles. The fraction of sp³-hybridized carbons (Fsp3) is 0.235. The van der Waals surface area contributed by atoms with Gasteiger partial charge in [-0.1, -0.05) is 18.2 Å². The Balaban J connectivity index is 1.97. The van der Waals surface area contributed by atoms with Gasteiger partial charge in [-0.15, -0.1) is 0 Å². The molecule has 112 valence electrons. The predicted octanol–water partition coefficient (Wildman–Crippen LogP) is 2.91. The van der Waals surface area contributed by atoms with Gasteiger partial charge in [0.05, 0.1) is 5.52 Å². The van der Waals surface area contributed by atoms with Gasteiger partial charge in [-0.25, -0.2) is 9.97 Å². The van der Waals surface area contributed by atoms with Crippen LogP contribution in [0, 0.1) is 0 Å². The fourth-order valence-corrected chi connectivity index (χ4v) is 2.66. The molecule has 5 heteroatoms. The summed E-state index contributed by atoms with van der Waals surface area (Å²) in [5.74, 6) is 0.712. The second-order valence-corrected chi connectivity index (χ2v) is 5.38. The van der Waals surface area contributed by atoms with Crippen LogP contribution >= 0.6 is 0 Å². The number of aromatic nitrogens is 2. The molecule has 2 aromatic rings. The van der Waals surface area contributed by atoms with E-state index in [0.29, 0.717) is 5.69 Å². The second-order valence-electron chi connectivity index (χ2n) is 5.38. The van der Waals surface area contributed by atoms with Crippen molar-refractivity contribution in [2.75, 3.05) is 23.3 Å². The number of rotatable bonds is 3. The van der Waals surface area contributed by atoms with Gasteiger partial charge in [-0.3, -0.25) is 4.79 Å². The first kappa shape index (κ1) is 14.3. The number of anilines is 2. The standard InChI is InChI=1S/C17H18N4O/c1-3-16(22)20-13-6-7-14-15(9-13)18-11-19-17(14)21-8-4-5-12(2)10-21/h3,5-7,9,11H,1,4,8,10H2,2H3,(H,20,22). The smallest absolute Gasteiger partial charge is 0.247 e. The highest BCUT2D eigenvalue weighted by molar-refractivity contribution is 6.01. The second kappa shape index (κ2) is 5.97. The predicted molar refractivity (Wildman–Crippen MR) is 89.0 cm³/mol.